The van der Waals surface area contributed by atoms with Crippen LogP contribution in [0.2, 0.25) is 0 Å². The molecule has 2 amide bonds. The van der Waals surface area contributed by atoms with Crippen molar-refractivity contribution in [3.63, 3.8) is 0 Å². The fourth-order valence-electron chi connectivity index (χ4n) is 2.41. The summed E-state index contributed by atoms with van der Waals surface area (Å²) in [5.41, 5.74) is 1.19. The lowest BCUT2D eigenvalue weighted by Gasteiger charge is -2.29. The van der Waals surface area contributed by atoms with Gasteiger partial charge in [-0.15, -0.1) is 0 Å². The van der Waals surface area contributed by atoms with E-state index in [-0.39, 0.29) is 23.8 Å². The first kappa shape index (κ1) is 14.1. The van der Waals surface area contributed by atoms with Gasteiger partial charge in [0, 0.05) is 0 Å². The number of halogens is 1. The number of rotatable bonds is 2. The lowest BCUT2D eigenvalue weighted by Crippen LogP contribution is -2.42. The van der Waals surface area contributed by atoms with Crippen LogP contribution < -0.4 is 15.0 Å². The van der Waals surface area contributed by atoms with E-state index in [0.29, 0.717) is 11.4 Å². The number of carbonyl (C=O) groups is 2. The first-order valence-corrected chi connectivity index (χ1v) is 6.64. The third kappa shape index (κ3) is 2.39. The first-order valence-electron chi connectivity index (χ1n) is 6.64. The van der Waals surface area contributed by atoms with Crippen LogP contribution in [0.15, 0.2) is 42.5 Å². The van der Waals surface area contributed by atoms with Crippen molar-refractivity contribution in [2.24, 2.45) is 0 Å². The van der Waals surface area contributed by atoms with E-state index in [4.69, 9.17) is 4.74 Å². The molecule has 0 bridgehead atoms. The van der Waals surface area contributed by atoms with Crippen molar-refractivity contribution in [2.45, 2.75) is 0 Å². The fraction of sp³-hybridized carbons (Fsp3) is 0.125. The second-order valence-electron chi connectivity index (χ2n) is 4.80. The van der Waals surface area contributed by atoms with Gasteiger partial charge in [0.05, 0.1) is 24.0 Å². The van der Waals surface area contributed by atoms with Crippen molar-refractivity contribution in [1.82, 2.24) is 0 Å². The zero-order chi connectivity index (χ0) is 15.7. The number of para-hydroxylation sites is 2. The Morgan fingerprint density at radius 3 is 2.82 bits per heavy atom. The molecule has 1 aliphatic rings. The van der Waals surface area contributed by atoms with Crippen molar-refractivity contribution >= 4 is 23.2 Å². The third-order valence-electron chi connectivity index (χ3n) is 3.41. The Hall–Kier alpha value is -2.89. The monoisotopic (exact) mass is 300 g/mol. The average molecular weight is 300 g/mol. The summed E-state index contributed by atoms with van der Waals surface area (Å²) in [5, 5.41) is 2.70. The van der Waals surface area contributed by atoms with Crippen molar-refractivity contribution in [3.05, 3.63) is 53.8 Å². The lowest BCUT2D eigenvalue weighted by molar-refractivity contribution is -0.115. The number of anilines is 2. The van der Waals surface area contributed by atoms with Gasteiger partial charge in [0.2, 0.25) is 5.91 Å². The van der Waals surface area contributed by atoms with Gasteiger partial charge in [-0.1, -0.05) is 12.1 Å². The predicted octanol–water partition coefficient (Wildman–Crippen LogP) is 2.43. The number of fused-ring (bicyclic) bond motifs is 1. The number of carbonyl (C=O) groups excluding carboxylic acids is 2. The van der Waals surface area contributed by atoms with E-state index >= 15 is 0 Å². The largest absolute Gasteiger partial charge is 0.496 e. The number of nitrogens with zero attached hydrogens (tertiary/aromatic N) is 1. The molecule has 0 spiro atoms. The molecular formula is C16H13FN2O3. The Morgan fingerprint density at radius 1 is 1.27 bits per heavy atom. The molecule has 1 N–H and O–H groups in total. The summed E-state index contributed by atoms with van der Waals surface area (Å²) < 4.78 is 18.6. The molecule has 2 aromatic rings. The van der Waals surface area contributed by atoms with Crippen LogP contribution >= 0.6 is 0 Å². The minimum atomic E-state index is -0.543. The molecule has 1 heterocycles. The van der Waals surface area contributed by atoms with Crippen molar-refractivity contribution < 1.29 is 18.7 Å². The molecule has 0 unspecified atom stereocenters. The van der Waals surface area contributed by atoms with Gasteiger partial charge in [0.15, 0.2) is 0 Å². The molecule has 5 nitrogen and oxygen atoms in total. The highest BCUT2D eigenvalue weighted by Gasteiger charge is 2.29. The normalized spacial score (nSPS) is 13.4. The van der Waals surface area contributed by atoms with Crippen LogP contribution in [0.1, 0.15) is 10.4 Å². The standard InChI is InChI=1S/C16H13FN2O3/c1-22-14-7-6-10(17)8-11(14)16(21)19-9-15(20)18-12-4-2-3-5-13(12)19/h2-8H,9H2,1H3,(H,18,20). The SMILES string of the molecule is COc1ccc(F)cc1C(=O)N1CC(=O)Nc2ccccc21. The number of nitrogens with one attached hydrogen (secondary N) is 1. The van der Waals surface area contributed by atoms with E-state index in [1.54, 1.807) is 24.3 Å². The molecule has 0 atom stereocenters. The molecule has 2 aromatic carbocycles. The Balaban J connectivity index is 2.06. The fourth-order valence-corrected chi connectivity index (χ4v) is 2.41. The summed E-state index contributed by atoms with van der Waals surface area (Å²) in [7, 11) is 1.40. The van der Waals surface area contributed by atoms with E-state index in [1.165, 1.54) is 24.1 Å². The first-order chi connectivity index (χ1) is 10.6. The van der Waals surface area contributed by atoms with Crippen molar-refractivity contribution in [2.75, 3.05) is 23.9 Å². The van der Waals surface area contributed by atoms with Gasteiger partial charge in [-0.25, -0.2) is 4.39 Å². The number of amides is 2. The highest BCUT2D eigenvalue weighted by molar-refractivity contribution is 6.16. The molecule has 22 heavy (non-hydrogen) atoms. The van der Waals surface area contributed by atoms with E-state index < -0.39 is 11.7 Å². The van der Waals surface area contributed by atoms with E-state index in [1.807, 2.05) is 0 Å². The van der Waals surface area contributed by atoms with E-state index in [2.05, 4.69) is 5.32 Å². The van der Waals surface area contributed by atoms with E-state index in [9.17, 15) is 14.0 Å². The van der Waals surface area contributed by atoms with Crippen LogP contribution in [0.5, 0.6) is 5.75 Å². The van der Waals surface area contributed by atoms with Crippen molar-refractivity contribution in [3.8, 4) is 5.75 Å². The molecule has 112 valence electrons. The molecule has 0 saturated carbocycles. The summed E-state index contributed by atoms with van der Waals surface area (Å²) in [5.74, 6) is -1.07. The number of methoxy groups -OCH3 is 1. The molecule has 0 saturated heterocycles. The van der Waals surface area contributed by atoms with Crippen LogP contribution in [0.3, 0.4) is 0 Å². The maximum Gasteiger partial charge on any atom is 0.262 e. The molecule has 6 heteroatoms. The van der Waals surface area contributed by atoms with Gasteiger partial charge in [-0.2, -0.15) is 0 Å². The predicted molar refractivity (Wildman–Crippen MR) is 79.7 cm³/mol. The maximum atomic E-state index is 13.5. The average Bonchev–Trinajstić information content (AvgIpc) is 2.53. The number of ether oxygens (including phenoxy) is 1. The number of hydrogen-bond donors (Lipinski definition) is 1. The minimum absolute atomic E-state index is 0.0759. The van der Waals surface area contributed by atoms with Gasteiger partial charge in [-0.05, 0) is 30.3 Å². The zero-order valence-corrected chi connectivity index (χ0v) is 11.8. The Bertz CT molecular complexity index is 761. The van der Waals surface area contributed by atoms with Crippen LogP contribution in [0, 0.1) is 5.82 Å². The molecule has 0 radical (unpaired) electrons. The van der Waals surface area contributed by atoms with Crippen LogP contribution in [0.25, 0.3) is 0 Å². The topological polar surface area (TPSA) is 58.6 Å². The number of hydrogen-bond acceptors (Lipinski definition) is 3. The van der Waals surface area contributed by atoms with Gasteiger partial charge in [0.1, 0.15) is 18.1 Å². The summed E-state index contributed by atoms with van der Waals surface area (Å²) >= 11 is 0. The summed E-state index contributed by atoms with van der Waals surface area (Å²) in [6.45, 7) is -0.129. The zero-order valence-electron chi connectivity index (χ0n) is 11.8. The van der Waals surface area contributed by atoms with Gasteiger partial charge in [0.25, 0.3) is 5.91 Å². The summed E-state index contributed by atoms with van der Waals surface area (Å²) in [6.07, 6.45) is 0. The quantitative estimate of drug-likeness (QED) is 0.926. The Morgan fingerprint density at radius 2 is 2.05 bits per heavy atom. The molecule has 0 fully saturated rings. The molecule has 0 aliphatic carbocycles. The lowest BCUT2D eigenvalue weighted by atomic mass is 10.1. The van der Waals surface area contributed by atoms with Crippen LogP contribution in [0.4, 0.5) is 15.8 Å². The molecule has 0 aromatic heterocycles. The summed E-state index contributed by atoms with van der Waals surface area (Å²) in [6, 6.07) is 10.7. The number of benzene rings is 2. The highest BCUT2D eigenvalue weighted by atomic mass is 19.1. The smallest absolute Gasteiger partial charge is 0.262 e. The Labute approximate surface area is 126 Å². The van der Waals surface area contributed by atoms with Crippen molar-refractivity contribution in [1.29, 1.82) is 0 Å². The van der Waals surface area contributed by atoms with Crippen LogP contribution in [-0.4, -0.2) is 25.5 Å². The van der Waals surface area contributed by atoms with Gasteiger partial charge < -0.3 is 10.1 Å². The van der Waals surface area contributed by atoms with Gasteiger partial charge >= 0.3 is 0 Å². The summed E-state index contributed by atoms with van der Waals surface area (Å²) in [4.78, 5) is 25.8. The third-order valence-corrected chi connectivity index (χ3v) is 3.41. The Kier molecular flexibility index (Phi) is 3.50. The van der Waals surface area contributed by atoms with Crippen LogP contribution in [-0.2, 0) is 4.79 Å². The molecular weight excluding hydrogens is 287 g/mol. The van der Waals surface area contributed by atoms with Gasteiger partial charge in [-0.3, -0.25) is 14.5 Å². The second-order valence-corrected chi connectivity index (χ2v) is 4.80. The maximum absolute atomic E-state index is 13.5. The second kappa shape index (κ2) is 5.48. The molecule has 1 aliphatic heterocycles. The molecule has 3 rings (SSSR count). The minimum Gasteiger partial charge on any atom is -0.496 e. The van der Waals surface area contributed by atoms with E-state index in [0.717, 1.165) is 6.07 Å². The highest BCUT2D eigenvalue weighted by Crippen LogP contribution is 2.31.